The van der Waals surface area contributed by atoms with Crippen molar-refractivity contribution in [2.24, 2.45) is 0 Å². The molecule has 0 saturated carbocycles. The fraction of sp³-hybridized carbons (Fsp3) is 0.263. The first-order chi connectivity index (χ1) is 13.3. The number of hydrogen-bond acceptors (Lipinski definition) is 6. The second-order valence-corrected chi connectivity index (χ2v) is 6.52. The zero-order valence-electron chi connectivity index (χ0n) is 15.1. The number of ketones is 1. The van der Waals surface area contributed by atoms with Crippen molar-refractivity contribution in [3.63, 3.8) is 0 Å². The highest BCUT2D eigenvalue weighted by Gasteiger charge is 2.36. The van der Waals surface area contributed by atoms with E-state index in [1.165, 1.54) is 7.11 Å². The van der Waals surface area contributed by atoms with Crippen LogP contribution in [0.3, 0.4) is 0 Å². The summed E-state index contributed by atoms with van der Waals surface area (Å²) in [5.41, 5.74) is 0.637. The van der Waals surface area contributed by atoms with Crippen molar-refractivity contribution in [3.05, 3.63) is 58.9 Å². The van der Waals surface area contributed by atoms with Gasteiger partial charge in [-0.05, 0) is 41.5 Å². The van der Waals surface area contributed by atoms with Crippen molar-refractivity contribution in [2.45, 2.75) is 11.4 Å². The molecule has 0 heterocycles. The molecule has 0 radical (unpaired) electrons. The fourth-order valence-corrected chi connectivity index (χ4v) is 2.96. The standard InChI is InChI=1S/C19H18Cl2FNO5/c1-10-15(20)13(8-14(22)16(10)21)17(18(24)19(25)27-3)23-11-4-6-12(7-5-11)28-9-26-2/h4-8,15,17,23H,1,9H2,2-3H3. The molecule has 150 valence electrons. The van der Waals surface area contributed by atoms with Crippen LogP contribution in [0.4, 0.5) is 10.1 Å². The minimum absolute atomic E-state index is 0.0749. The first-order valence-electron chi connectivity index (χ1n) is 8.00. The van der Waals surface area contributed by atoms with E-state index in [1.807, 2.05) is 0 Å². The highest BCUT2D eigenvalue weighted by molar-refractivity contribution is 6.39. The highest BCUT2D eigenvalue weighted by Crippen LogP contribution is 2.37. The Labute approximate surface area is 171 Å². The molecule has 6 nitrogen and oxygen atoms in total. The summed E-state index contributed by atoms with van der Waals surface area (Å²) in [5, 5.41) is 1.66. The number of esters is 1. The van der Waals surface area contributed by atoms with Gasteiger partial charge in [0.2, 0.25) is 0 Å². The fourth-order valence-electron chi connectivity index (χ4n) is 2.44. The van der Waals surface area contributed by atoms with Crippen molar-refractivity contribution in [1.29, 1.82) is 0 Å². The maximum Gasteiger partial charge on any atom is 0.376 e. The molecule has 0 bridgehead atoms. The Morgan fingerprint density at radius 1 is 1.29 bits per heavy atom. The van der Waals surface area contributed by atoms with E-state index in [4.69, 9.17) is 32.7 Å². The SMILES string of the molecule is C=C1C(Cl)=C(F)C=C(C(Nc2ccc(OCOC)cc2)C(=O)C(=O)OC)C1Cl. The average molecular weight is 430 g/mol. The van der Waals surface area contributed by atoms with Gasteiger partial charge in [-0.2, -0.15) is 0 Å². The average Bonchev–Trinajstić information content (AvgIpc) is 2.71. The topological polar surface area (TPSA) is 73.9 Å². The lowest BCUT2D eigenvalue weighted by Crippen LogP contribution is -2.40. The summed E-state index contributed by atoms with van der Waals surface area (Å²) in [5.74, 6) is -2.32. The van der Waals surface area contributed by atoms with Crippen LogP contribution in [0.1, 0.15) is 0 Å². The zero-order valence-corrected chi connectivity index (χ0v) is 16.6. The molecule has 1 aliphatic rings. The number of benzene rings is 1. The summed E-state index contributed by atoms with van der Waals surface area (Å²) >= 11 is 12.1. The summed E-state index contributed by atoms with van der Waals surface area (Å²) in [4.78, 5) is 24.4. The first kappa shape index (κ1) is 21.9. The molecule has 2 atom stereocenters. The molecule has 9 heteroatoms. The van der Waals surface area contributed by atoms with Gasteiger partial charge in [-0.15, -0.1) is 11.6 Å². The summed E-state index contributed by atoms with van der Waals surface area (Å²) < 4.78 is 28.7. The monoisotopic (exact) mass is 429 g/mol. The van der Waals surface area contributed by atoms with Crippen molar-refractivity contribution in [1.82, 2.24) is 0 Å². The molecule has 0 fully saturated rings. The zero-order chi connectivity index (χ0) is 20.8. The number of nitrogens with one attached hydrogen (secondary N) is 1. The van der Waals surface area contributed by atoms with Crippen LogP contribution in [0.25, 0.3) is 0 Å². The number of ether oxygens (including phenoxy) is 3. The lowest BCUT2D eigenvalue weighted by atomic mass is 9.91. The Bertz CT molecular complexity index is 835. The van der Waals surface area contributed by atoms with Crippen LogP contribution in [0.15, 0.2) is 58.9 Å². The molecule has 0 saturated heterocycles. The molecule has 1 aromatic rings. The van der Waals surface area contributed by atoms with Crippen LogP contribution >= 0.6 is 23.2 Å². The van der Waals surface area contributed by atoms with Crippen LogP contribution < -0.4 is 10.1 Å². The molecular formula is C19H18Cl2FNO5. The molecular weight excluding hydrogens is 412 g/mol. The van der Waals surface area contributed by atoms with E-state index in [-0.39, 0.29) is 23.0 Å². The number of anilines is 1. The van der Waals surface area contributed by atoms with Crippen LogP contribution in [-0.2, 0) is 19.1 Å². The third kappa shape index (κ3) is 4.92. The van der Waals surface area contributed by atoms with Crippen LogP contribution in [0.2, 0.25) is 0 Å². The van der Waals surface area contributed by atoms with Crippen molar-refractivity contribution in [3.8, 4) is 5.75 Å². The number of carbonyl (C=O) groups is 2. The van der Waals surface area contributed by atoms with E-state index in [0.29, 0.717) is 11.4 Å². The second-order valence-electron chi connectivity index (χ2n) is 5.70. The first-order valence-corrected chi connectivity index (χ1v) is 8.82. The number of hydrogen-bond donors (Lipinski definition) is 1. The number of halogens is 3. The van der Waals surface area contributed by atoms with Gasteiger partial charge in [0.1, 0.15) is 17.6 Å². The Hall–Kier alpha value is -2.35. The van der Waals surface area contributed by atoms with E-state index >= 15 is 0 Å². The van der Waals surface area contributed by atoms with E-state index in [9.17, 15) is 14.0 Å². The van der Waals surface area contributed by atoms with E-state index in [1.54, 1.807) is 24.3 Å². The third-order valence-corrected chi connectivity index (χ3v) is 4.81. The second kappa shape index (κ2) is 9.73. The molecule has 1 aromatic carbocycles. The molecule has 2 rings (SSSR count). The summed E-state index contributed by atoms with van der Waals surface area (Å²) in [6.07, 6.45) is 1.02. The van der Waals surface area contributed by atoms with Gasteiger partial charge in [0.05, 0.1) is 17.5 Å². The summed E-state index contributed by atoms with van der Waals surface area (Å²) in [7, 11) is 2.57. The molecule has 0 spiro atoms. The molecule has 28 heavy (non-hydrogen) atoms. The number of carbonyl (C=O) groups excluding carboxylic acids is 2. The normalized spacial score (nSPS) is 17.7. The van der Waals surface area contributed by atoms with Crippen LogP contribution in [0, 0.1) is 0 Å². The molecule has 1 aliphatic carbocycles. The summed E-state index contributed by atoms with van der Waals surface area (Å²) in [6.45, 7) is 3.72. The van der Waals surface area contributed by atoms with Crippen molar-refractivity contribution >= 4 is 40.6 Å². The van der Waals surface area contributed by atoms with E-state index in [2.05, 4.69) is 16.6 Å². The molecule has 0 aliphatic heterocycles. The minimum atomic E-state index is -1.28. The largest absolute Gasteiger partial charge is 0.468 e. The molecule has 0 amide bonds. The quantitative estimate of drug-likeness (QED) is 0.293. The Morgan fingerprint density at radius 3 is 2.50 bits per heavy atom. The van der Waals surface area contributed by atoms with Crippen molar-refractivity contribution in [2.75, 3.05) is 26.3 Å². The van der Waals surface area contributed by atoms with Gasteiger partial charge in [-0.3, -0.25) is 4.79 Å². The van der Waals surface area contributed by atoms with Gasteiger partial charge in [0.25, 0.3) is 5.78 Å². The number of Topliss-reactive ketones (excluding diaryl/α,β-unsaturated/α-hetero) is 1. The van der Waals surface area contributed by atoms with Gasteiger partial charge >= 0.3 is 5.97 Å². The number of allylic oxidation sites excluding steroid dienone is 4. The number of rotatable bonds is 8. The van der Waals surface area contributed by atoms with Crippen molar-refractivity contribution < 1.29 is 28.2 Å². The number of methoxy groups -OCH3 is 2. The molecule has 1 N–H and O–H groups in total. The van der Waals surface area contributed by atoms with Crippen LogP contribution in [-0.4, -0.2) is 44.2 Å². The Kier molecular flexibility index (Phi) is 7.62. The smallest absolute Gasteiger partial charge is 0.376 e. The van der Waals surface area contributed by atoms with Gasteiger partial charge in [0.15, 0.2) is 6.79 Å². The Morgan fingerprint density at radius 2 is 1.93 bits per heavy atom. The maximum absolute atomic E-state index is 14.1. The lowest BCUT2D eigenvalue weighted by molar-refractivity contribution is -0.151. The predicted molar refractivity (Wildman–Crippen MR) is 104 cm³/mol. The number of alkyl halides is 1. The van der Waals surface area contributed by atoms with E-state index in [0.717, 1.165) is 13.2 Å². The van der Waals surface area contributed by atoms with Gasteiger partial charge in [-0.1, -0.05) is 18.2 Å². The molecule has 2 unspecified atom stereocenters. The van der Waals surface area contributed by atoms with E-state index < -0.39 is 29.0 Å². The maximum atomic E-state index is 14.1. The van der Waals surface area contributed by atoms with Crippen LogP contribution in [0.5, 0.6) is 5.75 Å². The minimum Gasteiger partial charge on any atom is -0.468 e. The van der Waals surface area contributed by atoms with Gasteiger partial charge < -0.3 is 19.5 Å². The predicted octanol–water partition coefficient (Wildman–Crippen LogP) is 3.72. The Balaban J connectivity index is 2.36. The van der Waals surface area contributed by atoms with Gasteiger partial charge in [-0.25, -0.2) is 9.18 Å². The molecule has 0 aromatic heterocycles. The lowest BCUT2D eigenvalue weighted by Gasteiger charge is -2.27. The summed E-state index contributed by atoms with van der Waals surface area (Å²) in [6, 6.07) is 5.20. The third-order valence-electron chi connectivity index (χ3n) is 3.87. The highest BCUT2D eigenvalue weighted by atomic mass is 35.5. The van der Waals surface area contributed by atoms with Gasteiger partial charge in [0, 0.05) is 12.8 Å².